The van der Waals surface area contributed by atoms with Gasteiger partial charge >= 0.3 is 0 Å². The quantitative estimate of drug-likeness (QED) is 0.123. The van der Waals surface area contributed by atoms with Crippen molar-refractivity contribution in [3.8, 4) is 0 Å². The lowest BCUT2D eigenvalue weighted by Gasteiger charge is -2.42. The third-order valence-electron chi connectivity index (χ3n) is 12.0. The van der Waals surface area contributed by atoms with E-state index in [4.69, 9.17) is 17.3 Å². The molecule has 0 unspecified atom stereocenters. The van der Waals surface area contributed by atoms with Crippen molar-refractivity contribution in [2.45, 2.75) is 135 Å². The molecule has 2 saturated carbocycles. The van der Waals surface area contributed by atoms with Crippen molar-refractivity contribution in [1.82, 2.24) is 50.3 Å². The van der Waals surface area contributed by atoms with Crippen LogP contribution in [0.3, 0.4) is 0 Å². The highest BCUT2D eigenvalue weighted by molar-refractivity contribution is 6.28. The van der Waals surface area contributed by atoms with Gasteiger partial charge in [0.1, 0.15) is 28.7 Å². The summed E-state index contributed by atoms with van der Waals surface area (Å²) in [5, 5.41) is 15.5. The van der Waals surface area contributed by atoms with Gasteiger partial charge in [-0.1, -0.05) is 60.8 Å². The summed E-state index contributed by atoms with van der Waals surface area (Å²) < 4.78 is 4.21. The summed E-state index contributed by atoms with van der Waals surface area (Å²) >= 11 is 5.95. The Kier molecular flexibility index (Phi) is 14.0. The van der Waals surface area contributed by atoms with Gasteiger partial charge in [0.15, 0.2) is 0 Å². The third-order valence-corrected chi connectivity index (χ3v) is 12.2. The maximum absolute atomic E-state index is 12.5. The molecule has 4 fully saturated rings. The molecule has 0 aromatic carbocycles. The molecule has 0 bridgehead atoms. The first kappa shape index (κ1) is 45.6. The van der Waals surface area contributed by atoms with E-state index in [9.17, 15) is 28.8 Å². The number of hydrogen-bond donors (Lipinski definition) is 6. The molecule has 19 heteroatoms. The Labute approximate surface area is 354 Å². The van der Waals surface area contributed by atoms with Crippen molar-refractivity contribution in [2.24, 2.45) is 5.73 Å². The van der Waals surface area contributed by atoms with E-state index in [1.165, 1.54) is 25.7 Å². The number of rotatable bonds is 2. The number of hydrogen-bond acceptors (Lipinski definition) is 12. The van der Waals surface area contributed by atoms with Crippen molar-refractivity contribution in [1.29, 1.82) is 0 Å². The first-order chi connectivity index (χ1) is 27.4. The minimum atomic E-state index is -0.544. The van der Waals surface area contributed by atoms with E-state index in [1.54, 1.807) is 12.4 Å². The molecule has 2 aliphatic carbocycles. The third kappa shape index (κ3) is 8.71. The predicted octanol–water partition coefficient (Wildman–Crippen LogP) is 4.20. The molecule has 60 heavy (non-hydrogen) atoms. The predicted molar refractivity (Wildman–Crippen MR) is 227 cm³/mol. The lowest BCUT2D eigenvalue weighted by Crippen LogP contribution is -2.52. The van der Waals surface area contributed by atoms with Gasteiger partial charge in [-0.15, -0.1) is 0 Å². The minimum absolute atomic E-state index is 0. The molecule has 4 aromatic rings. The molecule has 6 amide bonds. The number of halogens is 1. The molecule has 8 heterocycles. The monoisotopic (exact) mass is 848 g/mol. The van der Waals surface area contributed by atoms with Crippen LogP contribution in [0.2, 0.25) is 5.28 Å². The van der Waals surface area contributed by atoms with E-state index in [0.29, 0.717) is 49.7 Å². The Morgan fingerprint density at radius 2 is 1.15 bits per heavy atom. The van der Waals surface area contributed by atoms with Crippen LogP contribution in [0, 0.1) is 0 Å². The highest BCUT2D eigenvalue weighted by Gasteiger charge is 2.43. The number of fused-ring (bicyclic) bond motifs is 8. The van der Waals surface area contributed by atoms with Crippen molar-refractivity contribution >= 4 is 75.1 Å². The van der Waals surface area contributed by atoms with Gasteiger partial charge in [-0.05, 0) is 62.3 Å². The number of aromatic nitrogens is 6. The summed E-state index contributed by atoms with van der Waals surface area (Å²) in [7, 11) is 0. The van der Waals surface area contributed by atoms with Crippen LogP contribution in [0.25, 0.3) is 22.1 Å². The second-order valence-corrected chi connectivity index (χ2v) is 16.1. The standard InChI is InChI=1S/C19H22N6O3.C14H15ClN4O.C5H8N2O2.3CH4/c26-14-5-4-12(16(27)23-14)22-18-20-9-11-8-13-17(28)21-10-19(6-2-1-3-7-19)25(13)15(11)24-18;15-13-16-7-9-6-10-12(20)17-8-14(4-2-1-3-5-14)19(10)11(9)18-13;6-3-1-2-4(8)7-5(3)9;;;/h8-9,12H,1-7,10H2,(H,21,28)(H,20,22,24)(H,23,26,27);6-7H,1-5,8H2,(H,17,20);3H,1-2,6H2,(H,7,8,9);3*1H4/t12-;;3-;;;/m0.0.../s1. The number of nitrogens with two attached hydrogens (primary N) is 1. The molecule has 6 aliphatic rings. The number of amides is 6. The Morgan fingerprint density at radius 3 is 1.65 bits per heavy atom. The minimum Gasteiger partial charge on any atom is -0.348 e. The largest absolute Gasteiger partial charge is 0.348 e. The zero-order valence-electron chi connectivity index (χ0n) is 31.4. The molecular formula is C41H57ClN12O6. The Hall–Kier alpha value is -5.49. The van der Waals surface area contributed by atoms with Crippen LogP contribution in [0.15, 0.2) is 24.5 Å². The highest BCUT2D eigenvalue weighted by Crippen LogP contribution is 2.41. The summed E-state index contributed by atoms with van der Waals surface area (Å²) in [6.45, 7) is 1.30. The fourth-order valence-corrected chi connectivity index (χ4v) is 9.20. The molecule has 2 spiro atoms. The Balaban J connectivity index is 0.000000187. The van der Waals surface area contributed by atoms with Crippen molar-refractivity contribution in [3.63, 3.8) is 0 Å². The molecule has 4 aromatic heterocycles. The number of imide groups is 2. The molecular weight excluding hydrogens is 792 g/mol. The maximum atomic E-state index is 12.5. The lowest BCUT2D eigenvalue weighted by molar-refractivity contribution is -0.135. The molecule has 10 rings (SSSR count). The molecule has 2 saturated heterocycles. The summed E-state index contributed by atoms with van der Waals surface area (Å²) in [6.07, 6.45) is 16.2. The number of nitrogens with zero attached hydrogens (tertiary/aromatic N) is 6. The summed E-state index contributed by atoms with van der Waals surface area (Å²) in [6, 6.07) is 2.69. The SMILES string of the molecule is C.C.C.N[C@H]1CCC(=O)NC1=O.O=C1CC[C@H](Nc2ncc3cc4n(c3n2)C2(CCCCC2)CNC4=O)C(=O)N1.O=C1NCC2(CCCCC2)n2c1cc1cnc(Cl)nc12. The lowest BCUT2D eigenvalue weighted by atomic mass is 9.80. The van der Waals surface area contributed by atoms with E-state index in [-0.39, 0.29) is 80.5 Å². The van der Waals surface area contributed by atoms with Gasteiger partial charge in [-0.3, -0.25) is 39.4 Å². The van der Waals surface area contributed by atoms with E-state index < -0.39 is 12.1 Å². The van der Waals surface area contributed by atoms with Gasteiger partial charge in [-0.25, -0.2) is 9.97 Å². The van der Waals surface area contributed by atoms with Crippen molar-refractivity contribution < 1.29 is 28.8 Å². The van der Waals surface area contributed by atoms with Crippen LogP contribution in [0.1, 0.15) is 133 Å². The first-order valence-corrected chi connectivity index (χ1v) is 20.0. The van der Waals surface area contributed by atoms with Gasteiger partial charge in [0.2, 0.25) is 34.9 Å². The van der Waals surface area contributed by atoms with Crippen molar-refractivity contribution in [2.75, 3.05) is 18.4 Å². The number of anilines is 1. The number of nitrogens with one attached hydrogen (secondary N) is 5. The molecule has 2 atom stereocenters. The maximum Gasteiger partial charge on any atom is 0.268 e. The van der Waals surface area contributed by atoms with Crippen LogP contribution in [-0.2, 0) is 30.3 Å². The normalized spacial score (nSPS) is 22.4. The highest BCUT2D eigenvalue weighted by atomic mass is 35.5. The first-order valence-electron chi connectivity index (χ1n) is 19.6. The topological polar surface area (TPSA) is 250 Å². The zero-order valence-corrected chi connectivity index (χ0v) is 32.1. The number of piperidine rings is 2. The fourth-order valence-electron chi connectivity index (χ4n) is 9.07. The van der Waals surface area contributed by atoms with Gasteiger partial charge in [-0.2, -0.15) is 9.97 Å². The molecule has 324 valence electrons. The molecule has 4 aliphatic heterocycles. The second-order valence-electron chi connectivity index (χ2n) is 15.8. The number of carbonyl (C=O) groups is 6. The van der Waals surface area contributed by atoms with Crippen LogP contribution >= 0.6 is 11.6 Å². The Bertz CT molecular complexity index is 2290. The van der Waals surface area contributed by atoms with Gasteiger partial charge in [0.25, 0.3) is 11.8 Å². The van der Waals surface area contributed by atoms with Crippen LogP contribution in [-0.4, -0.2) is 89.7 Å². The van der Waals surface area contributed by atoms with Crippen LogP contribution < -0.4 is 32.3 Å². The molecule has 18 nitrogen and oxygen atoms in total. The Morgan fingerprint density at radius 1 is 0.667 bits per heavy atom. The fraction of sp³-hybridized carbons (Fsp3) is 0.561. The van der Waals surface area contributed by atoms with Crippen molar-refractivity contribution in [3.05, 3.63) is 41.2 Å². The van der Waals surface area contributed by atoms with E-state index in [0.717, 1.165) is 60.6 Å². The van der Waals surface area contributed by atoms with Gasteiger partial charge < -0.3 is 30.8 Å². The van der Waals surface area contributed by atoms with Crippen LogP contribution in [0.4, 0.5) is 5.95 Å². The smallest absolute Gasteiger partial charge is 0.268 e. The van der Waals surface area contributed by atoms with E-state index in [2.05, 4.69) is 55.7 Å². The zero-order chi connectivity index (χ0) is 39.9. The van der Waals surface area contributed by atoms with E-state index >= 15 is 0 Å². The summed E-state index contributed by atoms with van der Waals surface area (Å²) in [5.41, 5.74) is 7.90. The molecule has 0 radical (unpaired) electrons. The average molecular weight is 849 g/mol. The summed E-state index contributed by atoms with van der Waals surface area (Å²) in [4.78, 5) is 86.4. The van der Waals surface area contributed by atoms with E-state index in [1.807, 2.05) is 12.1 Å². The van der Waals surface area contributed by atoms with Gasteiger partial charge in [0.05, 0.1) is 17.1 Å². The molecule has 7 N–H and O–H groups in total. The number of carbonyl (C=O) groups excluding carboxylic acids is 6. The average Bonchev–Trinajstić information content (AvgIpc) is 3.80. The summed E-state index contributed by atoms with van der Waals surface area (Å²) in [5.74, 6) is -0.984. The second kappa shape index (κ2) is 18.4. The van der Waals surface area contributed by atoms with Crippen LogP contribution in [0.5, 0.6) is 0 Å². The van der Waals surface area contributed by atoms with Gasteiger partial charge in [0, 0.05) is 49.1 Å².